The quantitative estimate of drug-likeness (QED) is 0.505. The van der Waals surface area contributed by atoms with Crippen LogP contribution in [0.5, 0.6) is 5.75 Å². The Labute approximate surface area is 116 Å². The lowest BCUT2D eigenvalue weighted by Gasteiger charge is -2.14. The van der Waals surface area contributed by atoms with Crippen molar-refractivity contribution >= 4 is 11.4 Å². The highest BCUT2D eigenvalue weighted by atomic mass is 16.6. The number of rotatable bonds is 4. The second-order valence-electron chi connectivity index (χ2n) is 4.69. The van der Waals surface area contributed by atoms with Gasteiger partial charge in [-0.1, -0.05) is 0 Å². The standard InChI is InChI=1S/C14H16N2O4/c1-8-6-12(10(3)20-8)9(2)15-13-5-4-11(17)7-14(13)16(18)19/h4-7,9,15,17H,1-3H3. The van der Waals surface area contributed by atoms with Crippen LogP contribution in [0.4, 0.5) is 11.4 Å². The van der Waals surface area contributed by atoms with Gasteiger partial charge in [0.25, 0.3) is 5.69 Å². The van der Waals surface area contributed by atoms with E-state index in [0.29, 0.717) is 5.69 Å². The molecule has 0 saturated heterocycles. The number of nitro benzene ring substituents is 1. The fourth-order valence-electron chi connectivity index (χ4n) is 2.18. The van der Waals surface area contributed by atoms with Gasteiger partial charge in [0.05, 0.1) is 17.0 Å². The normalized spacial score (nSPS) is 12.2. The third-order valence-corrected chi connectivity index (χ3v) is 3.10. The molecule has 2 N–H and O–H groups in total. The molecule has 0 spiro atoms. The summed E-state index contributed by atoms with van der Waals surface area (Å²) >= 11 is 0. The van der Waals surface area contributed by atoms with Crippen LogP contribution in [-0.2, 0) is 0 Å². The molecule has 0 aliphatic carbocycles. The van der Waals surface area contributed by atoms with Gasteiger partial charge in [0.2, 0.25) is 0 Å². The Kier molecular flexibility index (Phi) is 3.65. The van der Waals surface area contributed by atoms with Crippen LogP contribution in [0, 0.1) is 24.0 Å². The highest BCUT2D eigenvalue weighted by Crippen LogP contribution is 2.32. The molecule has 2 aromatic rings. The molecule has 6 heteroatoms. The molecule has 0 fully saturated rings. The summed E-state index contributed by atoms with van der Waals surface area (Å²) in [5.74, 6) is 1.44. The number of benzene rings is 1. The highest BCUT2D eigenvalue weighted by molar-refractivity contribution is 5.64. The number of nitrogens with zero attached hydrogens (tertiary/aromatic N) is 1. The van der Waals surface area contributed by atoms with E-state index >= 15 is 0 Å². The van der Waals surface area contributed by atoms with Crippen LogP contribution in [0.1, 0.15) is 30.0 Å². The summed E-state index contributed by atoms with van der Waals surface area (Å²) in [6, 6.07) is 5.79. The maximum absolute atomic E-state index is 11.0. The van der Waals surface area contributed by atoms with Gasteiger partial charge in [-0.15, -0.1) is 0 Å². The minimum absolute atomic E-state index is 0.134. The molecule has 0 aliphatic rings. The maximum atomic E-state index is 11.0. The molecule has 106 valence electrons. The average Bonchev–Trinajstić information content (AvgIpc) is 2.70. The number of phenols is 1. The van der Waals surface area contributed by atoms with Crippen molar-refractivity contribution in [3.63, 3.8) is 0 Å². The molecule has 0 bridgehead atoms. The van der Waals surface area contributed by atoms with E-state index in [0.717, 1.165) is 23.2 Å². The smallest absolute Gasteiger partial charge is 0.296 e. The number of anilines is 1. The van der Waals surface area contributed by atoms with Crippen molar-refractivity contribution in [2.45, 2.75) is 26.8 Å². The number of aromatic hydroxyl groups is 1. The molecular weight excluding hydrogens is 260 g/mol. The monoisotopic (exact) mass is 276 g/mol. The van der Waals surface area contributed by atoms with Crippen molar-refractivity contribution in [2.24, 2.45) is 0 Å². The molecule has 1 unspecified atom stereocenters. The summed E-state index contributed by atoms with van der Waals surface area (Å²) in [5, 5.41) is 23.4. The summed E-state index contributed by atoms with van der Waals surface area (Å²) in [5.41, 5.74) is 1.15. The van der Waals surface area contributed by atoms with Crippen LogP contribution in [0.25, 0.3) is 0 Å². The van der Waals surface area contributed by atoms with Crippen LogP contribution in [0.3, 0.4) is 0 Å². The Bertz CT molecular complexity index is 649. The molecule has 6 nitrogen and oxygen atoms in total. The third kappa shape index (κ3) is 2.74. The summed E-state index contributed by atoms with van der Waals surface area (Å²) in [6.45, 7) is 5.60. The van der Waals surface area contributed by atoms with Crippen molar-refractivity contribution in [1.29, 1.82) is 0 Å². The first-order chi connectivity index (χ1) is 9.38. The first-order valence-corrected chi connectivity index (χ1v) is 6.19. The van der Waals surface area contributed by atoms with E-state index < -0.39 is 4.92 Å². The molecule has 0 amide bonds. The van der Waals surface area contributed by atoms with Gasteiger partial charge in [-0.25, -0.2) is 0 Å². The van der Waals surface area contributed by atoms with Crippen LogP contribution in [-0.4, -0.2) is 10.0 Å². The first-order valence-electron chi connectivity index (χ1n) is 6.19. The number of nitro groups is 1. The maximum Gasteiger partial charge on any atom is 0.296 e. The van der Waals surface area contributed by atoms with Gasteiger partial charge in [0, 0.05) is 5.56 Å². The molecule has 0 aliphatic heterocycles. The van der Waals surface area contributed by atoms with Gasteiger partial charge < -0.3 is 14.8 Å². The Balaban J connectivity index is 2.30. The topological polar surface area (TPSA) is 88.5 Å². The van der Waals surface area contributed by atoms with Gasteiger partial charge >= 0.3 is 0 Å². The van der Waals surface area contributed by atoms with Crippen molar-refractivity contribution in [2.75, 3.05) is 5.32 Å². The number of hydrogen-bond donors (Lipinski definition) is 2. The van der Waals surface area contributed by atoms with E-state index in [4.69, 9.17) is 4.42 Å². The summed E-state index contributed by atoms with van der Waals surface area (Å²) in [6.07, 6.45) is 0. The zero-order chi connectivity index (χ0) is 14.9. The number of nitrogens with one attached hydrogen (secondary N) is 1. The molecule has 1 aromatic heterocycles. The minimum Gasteiger partial charge on any atom is -0.508 e. The molecule has 1 aromatic carbocycles. The van der Waals surface area contributed by atoms with Crippen molar-refractivity contribution in [3.8, 4) is 5.75 Å². The summed E-state index contributed by atoms with van der Waals surface area (Å²) < 4.78 is 5.46. The molecule has 0 radical (unpaired) electrons. The highest BCUT2D eigenvalue weighted by Gasteiger charge is 2.19. The van der Waals surface area contributed by atoms with E-state index in [1.807, 2.05) is 26.8 Å². The Morgan fingerprint density at radius 2 is 2.05 bits per heavy atom. The van der Waals surface area contributed by atoms with Crippen LogP contribution in [0.15, 0.2) is 28.7 Å². The zero-order valence-corrected chi connectivity index (χ0v) is 11.5. The second-order valence-corrected chi connectivity index (χ2v) is 4.69. The molecule has 2 rings (SSSR count). The average molecular weight is 276 g/mol. The predicted octanol–water partition coefficient (Wildman–Crippen LogP) is 3.68. The third-order valence-electron chi connectivity index (χ3n) is 3.10. The fourth-order valence-corrected chi connectivity index (χ4v) is 2.18. The lowest BCUT2D eigenvalue weighted by Crippen LogP contribution is -2.08. The summed E-state index contributed by atoms with van der Waals surface area (Å²) in [4.78, 5) is 10.5. The van der Waals surface area contributed by atoms with Gasteiger partial charge in [0.15, 0.2) is 0 Å². The van der Waals surface area contributed by atoms with E-state index in [1.165, 1.54) is 12.1 Å². The Morgan fingerprint density at radius 1 is 1.35 bits per heavy atom. The van der Waals surface area contributed by atoms with Crippen molar-refractivity contribution in [3.05, 3.63) is 51.5 Å². The second kappa shape index (κ2) is 5.24. The number of furan rings is 1. The molecule has 1 atom stereocenters. The van der Waals surface area contributed by atoms with E-state index in [1.54, 1.807) is 0 Å². The van der Waals surface area contributed by atoms with E-state index in [9.17, 15) is 15.2 Å². The van der Waals surface area contributed by atoms with E-state index in [-0.39, 0.29) is 17.5 Å². The Morgan fingerprint density at radius 3 is 2.60 bits per heavy atom. The molecule has 0 saturated carbocycles. The summed E-state index contributed by atoms with van der Waals surface area (Å²) in [7, 11) is 0. The number of aryl methyl sites for hydroxylation is 2. The minimum atomic E-state index is -0.526. The molecule has 20 heavy (non-hydrogen) atoms. The Hall–Kier alpha value is -2.50. The molecular formula is C14H16N2O4. The van der Waals surface area contributed by atoms with Crippen molar-refractivity contribution in [1.82, 2.24) is 0 Å². The SMILES string of the molecule is Cc1cc(C(C)Nc2ccc(O)cc2[N+](=O)[O-])c(C)o1. The molecule has 1 heterocycles. The first kappa shape index (κ1) is 13.9. The number of phenolic OH excluding ortho intramolecular Hbond substituents is 1. The van der Waals surface area contributed by atoms with Crippen LogP contribution >= 0.6 is 0 Å². The van der Waals surface area contributed by atoms with Gasteiger partial charge in [-0.05, 0) is 39.0 Å². The van der Waals surface area contributed by atoms with Gasteiger partial charge in [0.1, 0.15) is 23.0 Å². The zero-order valence-electron chi connectivity index (χ0n) is 11.5. The van der Waals surface area contributed by atoms with Gasteiger partial charge in [-0.2, -0.15) is 0 Å². The largest absolute Gasteiger partial charge is 0.508 e. The fraction of sp³-hybridized carbons (Fsp3) is 0.286. The van der Waals surface area contributed by atoms with Crippen molar-refractivity contribution < 1.29 is 14.4 Å². The number of hydrogen-bond acceptors (Lipinski definition) is 5. The lowest BCUT2D eigenvalue weighted by molar-refractivity contribution is -0.384. The lowest BCUT2D eigenvalue weighted by atomic mass is 10.1. The van der Waals surface area contributed by atoms with Gasteiger partial charge in [-0.3, -0.25) is 10.1 Å². The van der Waals surface area contributed by atoms with Crippen LogP contribution in [0.2, 0.25) is 0 Å². The predicted molar refractivity (Wildman–Crippen MR) is 75.0 cm³/mol. The van der Waals surface area contributed by atoms with E-state index in [2.05, 4.69) is 5.32 Å². The van der Waals surface area contributed by atoms with Crippen LogP contribution < -0.4 is 5.32 Å².